The fourth-order valence-corrected chi connectivity index (χ4v) is 1.41. The Morgan fingerprint density at radius 2 is 2.44 bits per heavy atom. The highest BCUT2D eigenvalue weighted by molar-refractivity contribution is 7.16. The zero-order valence-electron chi connectivity index (χ0n) is 5.35. The fraction of sp³-hybridized carbons (Fsp3) is 0.143. The maximum atomic E-state index is 5.59. The molecule has 0 fully saturated rings. The molecule has 2 heteroatoms. The molecule has 0 bridgehead atoms. The summed E-state index contributed by atoms with van der Waals surface area (Å²) in [5.41, 5.74) is 6.74. The van der Waals surface area contributed by atoms with Gasteiger partial charge in [0.05, 0.1) is 5.00 Å². The van der Waals surface area contributed by atoms with Crippen molar-refractivity contribution in [1.29, 1.82) is 0 Å². The molecular weight excluding hydrogens is 130 g/mol. The van der Waals surface area contributed by atoms with Gasteiger partial charge in [-0.25, -0.2) is 0 Å². The summed E-state index contributed by atoms with van der Waals surface area (Å²) in [4.78, 5) is 1.14. The average Bonchev–Trinajstić information content (AvgIpc) is 2.13. The molecule has 0 aliphatic carbocycles. The van der Waals surface area contributed by atoms with Crippen LogP contribution in [0.3, 0.4) is 0 Å². The van der Waals surface area contributed by atoms with E-state index in [1.165, 1.54) is 0 Å². The quantitative estimate of drug-likeness (QED) is 0.634. The van der Waals surface area contributed by atoms with Gasteiger partial charge in [0.25, 0.3) is 0 Å². The molecule has 0 aromatic carbocycles. The Bertz CT molecular complexity index is 205. The van der Waals surface area contributed by atoms with E-state index in [1.807, 2.05) is 19.1 Å². The number of nitrogens with two attached hydrogens (primary N) is 1. The summed E-state index contributed by atoms with van der Waals surface area (Å²) >= 11 is 1.57. The van der Waals surface area contributed by atoms with Crippen molar-refractivity contribution in [3.8, 4) is 0 Å². The summed E-state index contributed by atoms with van der Waals surface area (Å²) in [5, 5.41) is 0.893. The Kier molecular flexibility index (Phi) is 1.58. The average molecular weight is 139 g/mol. The summed E-state index contributed by atoms with van der Waals surface area (Å²) < 4.78 is 0. The van der Waals surface area contributed by atoms with Crippen molar-refractivity contribution in [1.82, 2.24) is 0 Å². The van der Waals surface area contributed by atoms with Gasteiger partial charge in [-0.05, 0) is 18.6 Å². The van der Waals surface area contributed by atoms with Gasteiger partial charge >= 0.3 is 0 Å². The predicted octanol–water partition coefficient (Wildman–Crippen LogP) is 2.28. The molecule has 1 aromatic rings. The third-order valence-electron chi connectivity index (χ3n) is 1.18. The molecule has 0 saturated carbocycles. The van der Waals surface area contributed by atoms with Gasteiger partial charge in [-0.1, -0.05) is 12.7 Å². The Hall–Kier alpha value is -0.760. The minimum absolute atomic E-state index is 0.893. The van der Waals surface area contributed by atoms with E-state index in [1.54, 1.807) is 11.3 Å². The highest BCUT2D eigenvalue weighted by Crippen LogP contribution is 2.24. The highest BCUT2D eigenvalue weighted by atomic mass is 32.1. The molecule has 0 saturated heterocycles. The van der Waals surface area contributed by atoms with Crippen molar-refractivity contribution in [2.75, 3.05) is 5.73 Å². The largest absolute Gasteiger partial charge is 0.390 e. The highest BCUT2D eigenvalue weighted by Gasteiger charge is 1.96. The topological polar surface area (TPSA) is 26.0 Å². The molecule has 0 atom stereocenters. The zero-order valence-corrected chi connectivity index (χ0v) is 6.16. The SMILES string of the molecule is C=Cc1cc(C)c(N)s1. The van der Waals surface area contributed by atoms with E-state index in [9.17, 15) is 0 Å². The summed E-state index contributed by atoms with van der Waals surface area (Å²) in [6.07, 6.45) is 1.81. The lowest BCUT2D eigenvalue weighted by Gasteiger charge is -1.80. The van der Waals surface area contributed by atoms with Crippen LogP contribution in [0.1, 0.15) is 10.4 Å². The summed E-state index contributed by atoms with van der Waals surface area (Å²) in [7, 11) is 0. The van der Waals surface area contributed by atoms with Crippen LogP contribution in [0.2, 0.25) is 0 Å². The fourth-order valence-electron chi connectivity index (χ4n) is 0.622. The van der Waals surface area contributed by atoms with Crippen LogP contribution in [0.4, 0.5) is 5.00 Å². The third-order valence-corrected chi connectivity index (χ3v) is 2.24. The molecule has 1 heterocycles. The van der Waals surface area contributed by atoms with Gasteiger partial charge in [-0.15, -0.1) is 11.3 Å². The van der Waals surface area contributed by atoms with Crippen molar-refractivity contribution in [2.24, 2.45) is 0 Å². The van der Waals surface area contributed by atoms with E-state index < -0.39 is 0 Å². The molecule has 1 aromatic heterocycles. The van der Waals surface area contributed by atoms with Crippen molar-refractivity contribution in [3.05, 3.63) is 23.1 Å². The summed E-state index contributed by atoms with van der Waals surface area (Å²) in [5.74, 6) is 0. The summed E-state index contributed by atoms with van der Waals surface area (Å²) in [6.45, 7) is 5.64. The van der Waals surface area contributed by atoms with Gasteiger partial charge in [0, 0.05) is 4.88 Å². The van der Waals surface area contributed by atoms with Gasteiger partial charge in [-0.3, -0.25) is 0 Å². The number of nitrogen functional groups attached to an aromatic ring is 1. The van der Waals surface area contributed by atoms with Crippen molar-refractivity contribution < 1.29 is 0 Å². The lowest BCUT2D eigenvalue weighted by Crippen LogP contribution is -1.78. The monoisotopic (exact) mass is 139 g/mol. The van der Waals surface area contributed by atoms with Crippen LogP contribution in [-0.2, 0) is 0 Å². The van der Waals surface area contributed by atoms with Crippen LogP contribution in [-0.4, -0.2) is 0 Å². The standard InChI is InChI=1S/C7H9NS/c1-3-6-4-5(2)7(8)9-6/h3-4H,1,8H2,2H3. The first-order valence-electron chi connectivity index (χ1n) is 2.72. The summed E-state index contributed by atoms with van der Waals surface area (Å²) in [6, 6.07) is 2.03. The van der Waals surface area contributed by atoms with Crippen molar-refractivity contribution in [3.63, 3.8) is 0 Å². The lowest BCUT2D eigenvalue weighted by atomic mass is 10.3. The molecule has 0 radical (unpaired) electrons. The number of hydrogen-bond donors (Lipinski definition) is 1. The molecule has 0 aliphatic heterocycles. The first kappa shape index (κ1) is 6.36. The van der Waals surface area contributed by atoms with Crippen molar-refractivity contribution in [2.45, 2.75) is 6.92 Å². The van der Waals surface area contributed by atoms with Gasteiger partial charge in [0.1, 0.15) is 0 Å². The van der Waals surface area contributed by atoms with E-state index in [0.29, 0.717) is 0 Å². The van der Waals surface area contributed by atoms with Crippen LogP contribution in [0.15, 0.2) is 12.6 Å². The van der Waals surface area contributed by atoms with E-state index in [2.05, 4.69) is 6.58 Å². The Morgan fingerprint density at radius 1 is 1.78 bits per heavy atom. The molecule has 0 aliphatic rings. The Labute approximate surface area is 58.8 Å². The van der Waals surface area contributed by atoms with Gasteiger partial charge in [0.2, 0.25) is 0 Å². The first-order chi connectivity index (χ1) is 4.24. The van der Waals surface area contributed by atoms with Crippen LogP contribution in [0.5, 0.6) is 0 Å². The minimum Gasteiger partial charge on any atom is -0.390 e. The van der Waals surface area contributed by atoms with Crippen LogP contribution in [0, 0.1) is 6.92 Å². The predicted molar refractivity (Wildman–Crippen MR) is 43.6 cm³/mol. The number of aryl methyl sites for hydroxylation is 1. The number of rotatable bonds is 1. The van der Waals surface area contributed by atoms with Crippen LogP contribution in [0.25, 0.3) is 6.08 Å². The molecule has 0 unspecified atom stereocenters. The molecule has 1 rings (SSSR count). The second-order valence-corrected chi connectivity index (χ2v) is 3.02. The van der Waals surface area contributed by atoms with Crippen LogP contribution >= 0.6 is 11.3 Å². The zero-order chi connectivity index (χ0) is 6.85. The maximum absolute atomic E-state index is 5.59. The van der Waals surface area contributed by atoms with Gasteiger partial charge < -0.3 is 5.73 Å². The number of anilines is 1. The molecule has 0 amide bonds. The second kappa shape index (κ2) is 2.23. The maximum Gasteiger partial charge on any atom is 0.0892 e. The third kappa shape index (κ3) is 1.13. The first-order valence-corrected chi connectivity index (χ1v) is 3.54. The van der Waals surface area contributed by atoms with E-state index in [-0.39, 0.29) is 0 Å². The van der Waals surface area contributed by atoms with E-state index in [4.69, 9.17) is 5.73 Å². The number of hydrogen-bond acceptors (Lipinski definition) is 2. The molecule has 2 N–H and O–H groups in total. The molecule has 9 heavy (non-hydrogen) atoms. The smallest absolute Gasteiger partial charge is 0.0892 e. The molecule has 48 valence electrons. The second-order valence-electron chi connectivity index (χ2n) is 1.90. The van der Waals surface area contributed by atoms with Gasteiger partial charge in [-0.2, -0.15) is 0 Å². The molecular formula is C7H9NS. The van der Waals surface area contributed by atoms with E-state index >= 15 is 0 Å². The van der Waals surface area contributed by atoms with Gasteiger partial charge in [0.15, 0.2) is 0 Å². The minimum atomic E-state index is 0.893. The molecule has 0 spiro atoms. The molecule has 1 nitrogen and oxygen atoms in total. The normalized spacial score (nSPS) is 9.44. The Balaban J connectivity index is 3.11. The van der Waals surface area contributed by atoms with E-state index in [0.717, 1.165) is 15.4 Å². The van der Waals surface area contributed by atoms with Crippen molar-refractivity contribution >= 4 is 22.4 Å². The number of thiophene rings is 1. The Morgan fingerprint density at radius 3 is 2.67 bits per heavy atom. The van der Waals surface area contributed by atoms with Crippen LogP contribution < -0.4 is 5.73 Å². The lowest BCUT2D eigenvalue weighted by molar-refractivity contribution is 1.55.